The maximum absolute atomic E-state index is 13.6. The fourth-order valence-electron chi connectivity index (χ4n) is 3.54. The first-order chi connectivity index (χ1) is 15.3. The lowest BCUT2D eigenvalue weighted by Gasteiger charge is -2.13. The molecule has 4 rings (SSSR count). The largest absolute Gasteiger partial charge is 0.507 e. The van der Waals surface area contributed by atoms with Gasteiger partial charge >= 0.3 is 0 Å². The Balaban J connectivity index is 1.69. The lowest BCUT2D eigenvalue weighted by molar-refractivity contribution is 0.0951. The van der Waals surface area contributed by atoms with Crippen molar-refractivity contribution in [2.75, 3.05) is 0 Å². The van der Waals surface area contributed by atoms with Gasteiger partial charge in [0.2, 0.25) is 0 Å². The van der Waals surface area contributed by atoms with Crippen LogP contribution in [0.1, 0.15) is 27.0 Å². The molecule has 0 fully saturated rings. The molecule has 1 amide bonds. The standard InChI is InChI=1S/C24H19F2N3O3/c1-29-21-7-5-16(23(31)28-13-15-3-2-8-27-12-15)11-17(21)22(30)18(24(29)32)9-14-4-6-19(25)20(26)10-14/h2-8,10-12,30H,9,13H2,1H3,(H,28,31). The molecular weight excluding hydrogens is 416 g/mol. The van der Waals surface area contributed by atoms with Gasteiger partial charge in [-0.2, -0.15) is 0 Å². The number of rotatable bonds is 5. The average Bonchev–Trinajstić information content (AvgIpc) is 2.81. The minimum absolute atomic E-state index is 0.0268. The second-order valence-electron chi connectivity index (χ2n) is 7.39. The lowest BCUT2D eigenvalue weighted by Crippen LogP contribution is -2.24. The van der Waals surface area contributed by atoms with Gasteiger partial charge in [0, 0.05) is 43.4 Å². The fraction of sp³-hybridized carbons (Fsp3) is 0.125. The average molecular weight is 435 g/mol. The van der Waals surface area contributed by atoms with Crippen LogP contribution in [0.4, 0.5) is 8.78 Å². The number of aromatic nitrogens is 2. The first kappa shape index (κ1) is 21.2. The van der Waals surface area contributed by atoms with Crippen molar-refractivity contribution in [2.45, 2.75) is 13.0 Å². The SMILES string of the molecule is Cn1c(=O)c(Cc2ccc(F)c(F)c2)c(O)c2cc(C(=O)NCc3cccnc3)ccc21. The number of aryl methyl sites for hydroxylation is 1. The molecule has 2 aromatic carbocycles. The van der Waals surface area contributed by atoms with Crippen LogP contribution in [0.2, 0.25) is 0 Å². The molecule has 2 N–H and O–H groups in total. The molecular formula is C24H19F2N3O3. The molecule has 0 spiro atoms. The van der Waals surface area contributed by atoms with Crippen molar-refractivity contribution in [3.05, 3.63) is 105 Å². The monoisotopic (exact) mass is 435 g/mol. The maximum atomic E-state index is 13.6. The van der Waals surface area contributed by atoms with Crippen LogP contribution >= 0.6 is 0 Å². The third-order valence-electron chi connectivity index (χ3n) is 5.26. The zero-order valence-electron chi connectivity index (χ0n) is 17.1. The van der Waals surface area contributed by atoms with Crippen LogP contribution in [-0.4, -0.2) is 20.6 Å². The number of nitrogens with zero attached hydrogens (tertiary/aromatic N) is 2. The van der Waals surface area contributed by atoms with Gasteiger partial charge in [0.15, 0.2) is 11.6 Å². The number of nitrogens with one attached hydrogen (secondary N) is 1. The number of carbonyl (C=O) groups excluding carboxylic acids is 1. The van der Waals surface area contributed by atoms with E-state index in [4.69, 9.17) is 0 Å². The Kier molecular flexibility index (Phi) is 5.68. The molecule has 2 heterocycles. The van der Waals surface area contributed by atoms with Gasteiger partial charge < -0.3 is 15.0 Å². The van der Waals surface area contributed by atoms with Crippen molar-refractivity contribution in [3.63, 3.8) is 0 Å². The van der Waals surface area contributed by atoms with Crippen LogP contribution in [0, 0.1) is 11.6 Å². The Bertz CT molecular complexity index is 1390. The zero-order chi connectivity index (χ0) is 22.8. The van der Waals surface area contributed by atoms with E-state index in [-0.39, 0.29) is 30.2 Å². The first-order valence-corrected chi connectivity index (χ1v) is 9.80. The second-order valence-corrected chi connectivity index (χ2v) is 7.39. The molecule has 8 heteroatoms. The van der Waals surface area contributed by atoms with E-state index in [0.717, 1.165) is 17.7 Å². The molecule has 2 aromatic heterocycles. The molecule has 4 aromatic rings. The molecule has 0 saturated heterocycles. The summed E-state index contributed by atoms with van der Waals surface area (Å²) >= 11 is 0. The van der Waals surface area contributed by atoms with Gasteiger partial charge in [-0.1, -0.05) is 12.1 Å². The third kappa shape index (κ3) is 4.07. The number of fused-ring (bicyclic) bond motifs is 1. The fourth-order valence-corrected chi connectivity index (χ4v) is 3.54. The highest BCUT2D eigenvalue weighted by atomic mass is 19.2. The highest BCUT2D eigenvalue weighted by Gasteiger charge is 2.18. The number of benzene rings is 2. The van der Waals surface area contributed by atoms with Crippen molar-refractivity contribution < 1.29 is 18.7 Å². The Labute approximate surface area is 181 Å². The number of halogens is 2. The number of pyridine rings is 2. The van der Waals surface area contributed by atoms with E-state index in [1.54, 1.807) is 37.6 Å². The van der Waals surface area contributed by atoms with E-state index < -0.39 is 17.2 Å². The van der Waals surface area contributed by atoms with E-state index in [1.807, 2.05) is 6.07 Å². The van der Waals surface area contributed by atoms with E-state index in [1.165, 1.54) is 16.7 Å². The molecule has 0 aliphatic rings. The molecule has 0 unspecified atom stereocenters. The smallest absolute Gasteiger partial charge is 0.258 e. The van der Waals surface area contributed by atoms with Gasteiger partial charge in [0.05, 0.1) is 11.1 Å². The van der Waals surface area contributed by atoms with Crippen LogP contribution in [-0.2, 0) is 20.0 Å². The summed E-state index contributed by atoms with van der Waals surface area (Å²) in [5.74, 6) is -2.68. The van der Waals surface area contributed by atoms with E-state index in [9.17, 15) is 23.5 Å². The van der Waals surface area contributed by atoms with Crippen molar-refractivity contribution in [1.29, 1.82) is 0 Å². The topological polar surface area (TPSA) is 84.2 Å². The summed E-state index contributed by atoms with van der Waals surface area (Å²) in [7, 11) is 1.54. The molecule has 0 bridgehead atoms. The maximum Gasteiger partial charge on any atom is 0.258 e. The van der Waals surface area contributed by atoms with Crippen LogP contribution in [0.25, 0.3) is 10.9 Å². The Morgan fingerprint density at radius 2 is 1.91 bits per heavy atom. The van der Waals surface area contributed by atoms with E-state index in [0.29, 0.717) is 22.0 Å². The summed E-state index contributed by atoms with van der Waals surface area (Å²) in [6.07, 6.45) is 3.19. The predicted octanol–water partition coefficient (Wildman–Crippen LogP) is 3.44. The number of hydrogen-bond donors (Lipinski definition) is 2. The molecule has 0 aliphatic carbocycles. The number of amides is 1. The van der Waals surface area contributed by atoms with Gasteiger partial charge in [-0.25, -0.2) is 8.78 Å². The normalized spacial score (nSPS) is 11.0. The molecule has 6 nitrogen and oxygen atoms in total. The molecule has 0 saturated carbocycles. The van der Waals surface area contributed by atoms with Crippen LogP contribution in [0.15, 0.2) is 65.7 Å². The molecule has 162 valence electrons. The van der Waals surface area contributed by atoms with E-state index >= 15 is 0 Å². The minimum atomic E-state index is -1.04. The summed E-state index contributed by atoms with van der Waals surface area (Å²) in [6.45, 7) is 0.283. The lowest BCUT2D eigenvalue weighted by atomic mass is 10.0. The van der Waals surface area contributed by atoms with Gasteiger partial charge in [-0.05, 0) is 47.5 Å². The van der Waals surface area contributed by atoms with Crippen molar-refractivity contribution in [1.82, 2.24) is 14.9 Å². The van der Waals surface area contributed by atoms with Crippen molar-refractivity contribution in [2.24, 2.45) is 7.05 Å². The third-order valence-corrected chi connectivity index (χ3v) is 5.26. The van der Waals surface area contributed by atoms with Crippen molar-refractivity contribution in [3.8, 4) is 5.75 Å². The quantitative estimate of drug-likeness (QED) is 0.503. The van der Waals surface area contributed by atoms with Crippen molar-refractivity contribution >= 4 is 16.8 Å². The summed E-state index contributed by atoms with van der Waals surface area (Å²) in [5, 5.41) is 13.9. The predicted molar refractivity (Wildman–Crippen MR) is 115 cm³/mol. The van der Waals surface area contributed by atoms with E-state index in [2.05, 4.69) is 10.3 Å². The summed E-state index contributed by atoms with van der Waals surface area (Å²) < 4.78 is 28.2. The van der Waals surface area contributed by atoms with Gasteiger partial charge in [-0.3, -0.25) is 14.6 Å². The summed E-state index contributed by atoms with van der Waals surface area (Å²) in [5.41, 5.74) is 1.47. The molecule has 0 radical (unpaired) electrons. The number of hydrogen-bond acceptors (Lipinski definition) is 4. The number of carbonyl (C=O) groups is 1. The number of aromatic hydroxyl groups is 1. The first-order valence-electron chi connectivity index (χ1n) is 9.80. The van der Waals surface area contributed by atoms with Gasteiger partial charge in [-0.15, -0.1) is 0 Å². The molecule has 0 atom stereocenters. The summed E-state index contributed by atoms with van der Waals surface area (Å²) in [6, 6.07) is 11.6. The Hall–Kier alpha value is -4.07. The zero-order valence-corrected chi connectivity index (χ0v) is 17.1. The Morgan fingerprint density at radius 1 is 1.09 bits per heavy atom. The van der Waals surface area contributed by atoms with Crippen LogP contribution in [0.5, 0.6) is 5.75 Å². The minimum Gasteiger partial charge on any atom is -0.507 e. The molecule has 0 aliphatic heterocycles. The van der Waals surface area contributed by atoms with Gasteiger partial charge in [0.25, 0.3) is 11.5 Å². The van der Waals surface area contributed by atoms with Crippen LogP contribution in [0.3, 0.4) is 0 Å². The second kappa shape index (κ2) is 8.58. The van der Waals surface area contributed by atoms with Crippen LogP contribution < -0.4 is 10.9 Å². The Morgan fingerprint density at radius 3 is 2.62 bits per heavy atom. The van der Waals surface area contributed by atoms with Gasteiger partial charge in [0.1, 0.15) is 5.75 Å². The molecule has 32 heavy (non-hydrogen) atoms. The highest BCUT2D eigenvalue weighted by molar-refractivity contribution is 5.99. The summed E-state index contributed by atoms with van der Waals surface area (Å²) in [4.78, 5) is 29.4. The highest BCUT2D eigenvalue weighted by Crippen LogP contribution is 2.29.